The predicted octanol–water partition coefficient (Wildman–Crippen LogP) is 4.30. The first-order valence-electron chi connectivity index (χ1n) is 7.00. The largest absolute Gasteiger partial charge is 0.399 e. The summed E-state index contributed by atoms with van der Waals surface area (Å²) in [6.45, 7) is 0. The number of benzene rings is 2. The zero-order valence-electron chi connectivity index (χ0n) is 12.6. The Morgan fingerprint density at radius 3 is 2.83 bits per heavy atom. The lowest BCUT2D eigenvalue weighted by molar-refractivity contribution is 0.214. The van der Waals surface area contributed by atoms with Crippen molar-refractivity contribution >= 4 is 28.2 Å². The van der Waals surface area contributed by atoms with Gasteiger partial charge in [0, 0.05) is 22.7 Å². The molecule has 0 aliphatic carbocycles. The number of rotatable bonds is 3. The molecule has 0 fully saturated rings. The highest BCUT2D eigenvalue weighted by molar-refractivity contribution is 6.32. The first kappa shape index (κ1) is 15.9. The molecular weight excluding hydrogens is 329 g/mol. The van der Waals surface area contributed by atoms with E-state index in [4.69, 9.17) is 16.4 Å². The lowest BCUT2D eigenvalue weighted by Gasteiger charge is -2.10. The van der Waals surface area contributed by atoms with Crippen LogP contribution in [0.5, 0.6) is 0 Å². The van der Waals surface area contributed by atoms with Gasteiger partial charge in [0.15, 0.2) is 0 Å². The number of oxime groups is 1. The van der Waals surface area contributed by atoms with Crippen molar-refractivity contribution in [1.29, 1.82) is 5.26 Å². The normalized spacial score (nSPS) is 11.3. The van der Waals surface area contributed by atoms with Crippen LogP contribution in [0.2, 0.25) is 5.02 Å². The van der Waals surface area contributed by atoms with Crippen LogP contribution in [0.25, 0.3) is 10.9 Å². The summed E-state index contributed by atoms with van der Waals surface area (Å²) < 4.78 is 13.8. The van der Waals surface area contributed by atoms with Crippen molar-refractivity contribution in [3.8, 4) is 6.07 Å². The molecule has 6 heteroatoms. The maximum absolute atomic E-state index is 13.8. The fourth-order valence-corrected chi connectivity index (χ4v) is 2.65. The second-order valence-electron chi connectivity index (χ2n) is 4.93. The van der Waals surface area contributed by atoms with Crippen LogP contribution >= 0.6 is 11.6 Å². The van der Waals surface area contributed by atoms with Gasteiger partial charge in [-0.25, -0.2) is 4.39 Å². The minimum absolute atomic E-state index is 0.268. The van der Waals surface area contributed by atoms with Gasteiger partial charge >= 0.3 is 0 Å². The van der Waals surface area contributed by atoms with E-state index in [2.05, 4.69) is 16.2 Å². The third-order valence-electron chi connectivity index (χ3n) is 3.50. The number of para-hydroxylation sites is 1. The Hall–Kier alpha value is -2.97. The fraction of sp³-hybridized carbons (Fsp3) is 0.0556. The van der Waals surface area contributed by atoms with Gasteiger partial charge in [-0.1, -0.05) is 41.0 Å². The highest BCUT2D eigenvalue weighted by Crippen LogP contribution is 2.24. The third kappa shape index (κ3) is 2.80. The number of fused-ring (bicyclic) bond motifs is 1. The molecule has 0 saturated heterocycles. The molecule has 0 saturated carbocycles. The van der Waals surface area contributed by atoms with Crippen LogP contribution in [0.1, 0.15) is 16.7 Å². The zero-order chi connectivity index (χ0) is 17.1. The molecule has 0 bridgehead atoms. The van der Waals surface area contributed by atoms with Crippen molar-refractivity contribution in [1.82, 2.24) is 4.98 Å². The van der Waals surface area contributed by atoms with Crippen LogP contribution in [-0.4, -0.2) is 17.8 Å². The number of nitriles is 1. The lowest BCUT2D eigenvalue weighted by Crippen LogP contribution is -2.08. The molecule has 1 heterocycles. The molecule has 118 valence electrons. The van der Waals surface area contributed by atoms with Crippen LogP contribution in [-0.2, 0) is 4.84 Å². The molecule has 0 N–H and O–H groups in total. The van der Waals surface area contributed by atoms with E-state index in [1.54, 1.807) is 36.4 Å². The molecular formula is C18H11ClFN3O. The molecule has 0 aliphatic heterocycles. The Bertz CT molecular complexity index is 995. The zero-order valence-corrected chi connectivity index (χ0v) is 13.4. The van der Waals surface area contributed by atoms with Crippen molar-refractivity contribution in [3.63, 3.8) is 0 Å². The van der Waals surface area contributed by atoms with Gasteiger partial charge in [-0.2, -0.15) is 5.26 Å². The Kier molecular flexibility index (Phi) is 4.41. The van der Waals surface area contributed by atoms with E-state index >= 15 is 0 Å². The molecule has 0 unspecified atom stereocenters. The maximum Gasteiger partial charge on any atom is 0.149 e. The number of aromatic nitrogens is 1. The molecule has 1 aromatic heterocycles. The van der Waals surface area contributed by atoms with E-state index in [9.17, 15) is 9.65 Å². The van der Waals surface area contributed by atoms with Crippen molar-refractivity contribution in [2.75, 3.05) is 7.11 Å². The quantitative estimate of drug-likeness (QED) is 0.528. The van der Waals surface area contributed by atoms with Gasteiger partial charge in [0.2, 0.25) is 0 Å². The Balaban J connectivity index is 2.23. The van der Waals surface area contributed by atoms with Gasteiger partial charge in [0.25, 0.3) is 0 Å². The van der Waals surface area contributed by atoms with Crippen LogP contribution in [0.15, 0.2) is 53.8 Å². The highest BCUT2D eigenvalue weighted by Gasteiger charge is 2.16. The molecule has 0 aliphatic rings. The second-order valence-corrected chi connectivity index (χ2v) is 5.34. The number of halogens is 2. The highest BCUT2D eigenvalue weighted by atomic mass is 35.5. The van der Waals surface area contributed by atoms with E-state index < -0.39 is 5.82 Å². The summed E-state index contributed by atoms with van der Waals surface area (Å²) in [7, 11) is 1.41. The molecule has 3 rings (SSSR count). The van der Waals surface area contributed by atoms with Gasteiger partial charge in [0.1, 0.15) is 30.2 Å². The standard InChI is InChI=1S/C18H11ClFN3O/c1-24-23-17(13-5-3-6-15(19)14(13)9-21)12-8-11-4-2-7-16(20)18(11)22-10-12/h2-8,10H,1H3. The summed E-state index contributed by atoms with van der Waals surface area (Å²) in [5.74, 6) is -0.398. The lowest BCUT2D eigenvalue weighted by atomic mass is 9.98. The topological polar surface area (TPSA) is 58.3 Å². The van der Waals surface area contributed by atoms with Crippen LogP contribution in [0, 0.1) is 17.1 Å². The predicted molar refractivity (Wildman–Crippen MR) is 90.5 cm³/mol. The van der Waals surface area contributed by atoms with E-state index in [0.717, 1.165) is 0 Å². The van der Waals surface area contributed by atoms with Crippen molar-refractivity contribution < 1.29 is 9.23 Å². The molecule has 24 heavy (non-hydrogen) atoms. The average molecular weight is 340 g/mol. The van der Waals surface area contributed by atoms with E-state index in [-0.39, 0.29) is 11.1 Å². The summed E-state index contributed by atoms with van der Waals surface area (Å²) in [4.78, 5) is 9.08. The molecule has 2 aromatic carbocycles. The summed E-state index contributed by atoms with van der Waals surface area (Å²) in [5, 5.41) is 14.3. The van der Waals surface area contributed by atoms with E-state index in [1.807, 2.05) is 0 Å². The third-order valence-corrected chi connectivity index (χ3v) is 3.81. The van der Waals surface area contributed by atoms with Crippen molar-refractivity contribution in [2.45, 2.75) is 0 Å². The smallest absolute Gasteiger partial charge is 0.149 e. The number of hydrogen-bond acceptors (Lipinski definition) is 4. The van der Waals surface area contributed by atoms with Crippen molar-refractivity contribution in [2.24, 2.45) is 5.16 Å². The average Bonchev–Trinajstić information content (AvgIpc) is 2.59. The molecule has 4 nitrogen and oxygen atoms in total. The molecule has 3 aromatic rings. The SMILES string of the molecule is CON=C(c1cnc2c(F)cccc2c1)c1cccc(Cl)c1C#N. The van der Waals surface area contributed by atoms with Crippen LogP contribution in [0.4, 0.5) is 4.39 Å². The Morgan fingerprint density at radius 2 is 2.08 bits per heavy atom. The number of pyridine rings is 1. The fourth-order valence-electron chi connectivity index (χ4n) is 2.44. The monoisotopic (exact) mass is 339 g/mol. The molecule has 0 radical (unpaired) electrons. The molecule has 0 atom stereocenters. The summed E-state index contributed by atoms with van der Waals surface area (Å²) in [5.41, 5.74) is 2.06. The van der Waals surface area contributed by atoms with Gasteiger partial charge < -0.3 is 4.84 Å². The summed E-state index contributed by atoms with van der Waals surface area (Å²) in [6, 6.07) is 13.6. The Morgan fingerprint density at radius 1 is 1.29 bits per heavy atom. The van der Waals surface area contributed by atoms with Gasteiger partial charge in [-0.15, -0.1) is 0 Å². The van der Waals surface area contributed by atoms with E-state index in [1.165, 1.54) is 19.4 Å². The van der Waals surface area contributed by atoms with Gasteiger partial charge in [0.05, 0.1) is 10.6 Å². The minimum Gasteiger partial charge on any atom is -0.399 e. The van der Waals surface area contributed by atoms with Crippen LogP contribution < -0.4 is 0 Å². The van der Waals surface area contributed by atoms with E-state index in [0.29, 0.717) is 27.2 Å². The minimum atomic E-state index is -0.398. The second kappa shape index (κ2) is 6.65. The Labute approximate surface area is 142 Å². The number of nitrogens with zero attached hydrogens (tertiary/aromatic N) is 3. The summed E-state index contributed by atoms with van der Waals surface area (Å²) >= 11 is 6.09. The van der Waals surface area contributed by atoms with Crippen LogP contribution in [0.3, 0.4) is 0 Å². The van der Waals surface area contributed by atoms with Gasteiger partial charge in [-0.05, 0) is 18.2 Å². The number of hydrogen-bond donors (Lipinski definition) is 0. The first-order valence-corrected chi connectivity index (χ1v) is 7.38. The van der Waals surface area contributed by atoms with Crippen molar-refractivity contribution in [3.05, 3.63) is 76.2 Å². The molecule has 0 amide bonds. The molecule has 0 spiro atoms. The summed E-state index contributed by atoms with van der Waals surface area (Å²) in [6.07, 6.45) is 1.49. The maximum atomic E-state index is 13.8. The first-order chi connectivity index (χ1) is 11.7. The van der Waals surface area contributed by atoms with Gasteiger partial charge in [-0.3, -0.25) is 4.98 Å².